The standard InChI is InChI=1S/Ag.2H2N.H2O/h;3*1H2/q;2*-1;. The summed E-state index contributed by atoms with van der Waals surface area (Å²) in [5.41, 5.74) is 0. The van der Waals surface area contributed by atoms with Gasteiger partial charge in [0.15, 0.2) is 0 Å². The first kappa shape index (κ1) is 157. The van der Waals surface area contributed by atoms with E-state index in [2.05, 4.69) is 0 Å². The molecule has 0 aromatic carbocycles. The van der Waals surface area contributed by atoms with Gasteiger partial charge < -0.3 is 17.8 Å². The maximum absolute atomic E-state index is 0. The molecule has 0 rings (SSSR count). The van der Waals surface area contributed by atoms with E-state index in [-0.39, 0.29) is 40.2 Å². The largest absolute Gasteiger partial charge is 0.693 e. The molecule has 0 aliphatic rings. The molecule has 0 aromatic heterocycles. The average Bonchev–Trinajstić information content (AvgIpc) is 0. The van der Waals surface area contributed by atoms with Crippen molar-refractivity contribution in [1.82, 2.24) is 0 Å². The predicted molar refractivity (Wildman–Crippen MR) is 14.2 cm³/mol. The topological polar surface area (TPSA) is 98.5 Å². The zero-order valence-electron chi connectivity index (χ0n) is 1.96. The second-order valence-corrected chi connectivity index (χ2v) is 0. The van der Waals surface area contributed by atoms with Crippen molar-refractivity contribution in [1.29, 1.82) is 0 Å². The van der Waals surface area contributed by atoms with Crippen LogP contribution in [0.15, 0.2) is 0 Å². The Morgan fingerprint density at radius 1 is 0.750 bits per heavy atom. The Morgan fingerprint density at radius 3 is 0.750 bits per heavy atom. The fourth-order valence-electron chi connectivity index (χ4n) is 0. The number of hydrogen-bond donors (Lipinski definition) is 0. The molecule has 35 valence electrons. The monoisotopic (exact) mass is 157 g/mol. The van der Waals surface area contributed by atoms with Crippen LogP contribution in [0.3, 0.4) is 0 Å². The van der Waals surface area contributed by atoms with Gasteiger partial charge in [-0.25, -0.2) is 0 Å². The molecule has 0 heterocycles. The molecule has 1 radical (unpaired) electrons. The van der Waals surface area contributed by atoms with Crippen LogP contribution in [0.4, 0.5) is 0 Å². The second kappa shape index (κ2) is 64.6. The minimum absolute atomic E-state index is 0. The van der Waals surface area contributed by atoms with E-state index >= 15 is 0 Å². The molecule has 0 unspecified atom stereocenters. The summed E-state index contributed by atoms with van der Waals surface area (Å²) in [7, 11) is 0. The summed E-state index contributed by atoms with van der Waals surface area (Å²) in [5, 5.41) is 0. The summed E-state index contributed by atoms with van der Waals surface area (Å²) in [6, 6.07) is 0. The fourth-order valence-corrected chi connectivity index (χ4v) is 0. The molecule has 0 bridgehead atoms. The Hall–Kier alpha value is 0.620. The van der Waals surface area contributed by atoms with Gasteiger partial charge in [-0.3, -0.25) is 0 Å². The van der Waals surface area contributed by atoms with E-state index in [9.17, 15) is 0 Å². The molecule has 0 amide bonds. The van der Waals surface area contributed by atoms with Crippen molar-refractivity contribution in [3.63, 3.8) is 0 Å². The summed E-state index contributed by atoms with van der Waals surface area (Å²) < 4.78 is 0. The molecular weight excluding hydrogens is 152 g/mol. The zero-order valence-corrected chi connectivity index (χ0v) is 3.44. The zero-order chi connectivity index (χ0) is 0. The molecule has 4 heavy (non-hydrogen) atoms. The summed E-state index contributed by atoms with van der Waals surface area (Å²) in [5.74, 6) is 0. The van der Waals surface area contributed by atoms with Gasteiger partial charge >= 0.3 is 0 Å². The van der Waals surface area contributed by atoms with Crippen LogP contribution in [0.2, 0.25) is 0 Å². The van der Waals surface area contributed by atoms with Crippen molar-refractivity contribution in [2.75, 3.05) is 0 Å². The van der Waals surface area contributed by atoms with Gasteiger partial charge in [0.25, 0.3) is 0 Å². The third kappa shape index (κ3) is 17.9. The smallest absolute Gasteiger partial charge is 0 e. The maximum atomic E-state index is 0. The van der Waals surface area contributed by atoms with E-state index in [0.717, 1.165) is 0 Å². The van der Waals surface area contributed by atoms with Crippen LogP contribution < -0.4 is 0 Å². The van der Waals surface area contributed by atoms with Gasteiger partial charge in [-0.1, -0.05) is 0 Å². The van der Waals surface area contributed by atoms with E-state index in [0.29, 0.717) is 0 Å². The number of nitrogens with two attached hydrogens (primary N) is 2. The molecule has 0 fully saturated rings. The van der Waals surface area contributed by atoms with Crippen molar-refractivity contribution in [3.8, 4) is 0 Å². The van der Waals surface area contributed by atoms with Crippen LogP contribution in [-0.2, 0) is 22.4 Å². The average molecular weight is 158 g/mol. The minimum Gasteiger partial charge on any atom is -0.693 e. The second-order valence-electron chi connectivity index (χ2n) is 0. The van der Waals surface area contributed by atoms with E-state index in [1.807, 2.05) is 0 Å². The Balaban J connectivity index is 0. The Bertz CT molecular complexity index is 6.00. The molecule has 6 N–H and O–H groups in total. The summed E-state index contributed by atoms with van der Waals surface area (Å²) in [6.45, 7) is 0. The number of hydrogen-bond acceptors (Lipinski definition) is 0. The van der Waals surface area contributed by atoms with Crippen LogP contribution in [0.25, 0.3) is 12.3 Å². The third-order valence-corrected chi connectivity index (χ3v) is 0. The quantitative estimate of drug-likeness (QED) is 0.461. The summed E-state index contributed by atoms with van der Waals surface area (Å²) in [4.78, 5) is 0. The van der Waals surface area contributed by atoms with Gasteiger partial charge in [-0.15, -0.1) is 0 Å². The molecule has 4 heteroatoms. The number of rotatable bonds is 0. The molecule has 0 spiro atoms. The van der Waals surface area contributed by atoms with E-state index in [1.54, 1.807) is 0 Å². The van der Waals surface area contributed by atoms with Crippen LogP contribution in [0.1, 0.15) is 0 Å². The first-order valence-corrected chi connectivity index (χ1v) is 0. The Labute approximate surface area is 40.8 Å². The molecular formula is H6AgN2O-2. The van der Waals surface area contributed by atoms with Crippen molar-refractivity contribution >= 4 is 0 Å². The molecule has 0 atom stereocenters. The molecule has 0 aliphatic heterocycles. The third-order valence-electron chi connectivity index (χ3n) is 0. The van der Waals surface area contributed by atoms with Crippen molar-refractivity contribution in [2.45, 2.75) is 0 Å². The van der Waals surface area contributed by atoms with Crippen LogP contribution in [-0.4, -0.2) is 5.48 Å². The molecule has 0 aromatic rings. The van der Waals surface area contributed by atoms with Crippen LogP contribution in [0, 0.1) is 0 Å². The van der Waals surface area contributed by atoms with Crippen molar-refractivity contribution in [2.24, 2.45) is 0 Å². The van der Waals surface area contributed by atoms with Gasteiger partial charge in [0.1, 0.15) is 0 Å². The first-order chi connectivity index (χ1) is 0. The minimum atomic E-state index is 0. The van der Waals surface area contributed by atoms with Crippen LogP contribution in [0.5, 0.6) is 0 Å². The van der Waals surface area contributed by atoms with Gasteiger partial charge in [0.2, 0.25) is 0 Å². The van der Waals surface area contributed by atoms with Crippen molar-refractivity contribution in [3.05, 3.63) is 12.3 Å². The molecule has 0 saturated heterocycles. The van der Waals surface area contributed by atoms with Gasteiger partial charge in [-0.2, -0.15) is 0 Å². The molecule has 0 aliphatic carbocycles. The van der Waals surface area contributed by atoms with Gasteiger partial charge in [0.05, 0.1) is 0 Å². The fraction of sp³-hybridized carbons (Fsp3) is 0. The van der Waals surface area contributed by atoms with E-state index in [4.69, 9.17) is 0 Å². The first-order valence-electron chi connectivity index (χ1n) is 0. The van der Waals surface area contributed by atoms with Gasteiger partial charge in [0, 0.05) is 22.4 Å². The predicted octanol–water partition coefficient (Wildman–Crippen LogP) is 0.607. The normalized spacial score (nSPS) is 0. The Morgan fingerprint density at radius 2 is 0.750 bits per heavy atom. The molecule has 0 saturated carbocycles. The molecule has 3 nitrogen and oxygen atoms in total. The van der Waals surface area contributed by atoms with E-state index in [1.165, 1.54) is 0 Å². The SMILES string of the molecule is O.[Ag].[NH2-].[NH2-]. The van der Waals surface area contributed by atoms with E-state index < -0.39 is 0 Å². The van der Waals surface area contributed by atoms with Gasteiger partial charge in [-0.05, 0) is 0 Å². The summed E-state index contributed by atoms with van der Waals surface area (Å²) in [6.07, 6.45) is 0. The van der Waals surface area contributed by atoms with Crippen LogP contribution >= 0.6 is 0 Å². The maximum Gasteiger partial charge on any atom is 0 e. The van der Waals surface area contributed by atoms with Crippen molar-refractivity contribution < 1.29 is 27.9 Å². The Kier molecular flexibility index (Phi) is 2540. The summed E-state index contributed by atoms with van der Waals surface area (Å²) >= 11 is 0.